The molecule has 0 unspecified atom stereocenters. The topological polar surface area (TPSA) is 88.5 Å². The number of aromatic nitrogens is 1. The number of ether oxygens (including phenoxy) is 1. The van der Waals surface area contributed by atoms with E-state index in [1.807, 2.05) is 19.1 Å². The quantitative estimate of drug-likeness (QED) is 0.488. The minimum absolute atomic E-state index is 0.0155. The zero-order chi connectivity index (χ0) is 24.0. The maximum Gasteiger partial charge on any atom is 0.335 e. The van der Waals surface area contributed by atoms with Gasteiger partial charge in [-0.2, -0.15) is 0 Å². The zero-order valence-corrected chi connectivity index (χ0v) is 20.1. The van der Waals surface area contributed by atoms with Gasteiger partial charge in [-0.15, -0.1) is 0 Å². The molecule has 0 spiro atoms. The number of nitrogens with one attached hydrogen (secondary N) is 1. The first-order valence-corrected chi connectivity index (χ1v) is 12.7. The molecule has 4 rings (SSSR count). The molecule has 2 N–H and O–H groups in total. The molecule has 6 nitrogen and oxygen atoms in total. The molecule has 1 aromatic carbocycles. The van der Waals surface area contributed by atoms with Crippen molar-refractivity contribution in [1.82, 2.24) is 10.3 Å². The number of rotatable bonds is 9. The van der Waals surface area contributed by atoms with E-state index in [0.29, 0.717) is 0 Å². The predicted molar refractivity (Wildman–Crippen MR) is 131 cm³/mol. The Morgan fingerprint density at radius 2 is 1.76 bits per heavy atom. The lowest BCUT2D eigenvalue weighted by molar-refractivity contribution is -0.127. The summed E-state index contributed by atoms with van der Waals surface area (Å²) >= 11 is 0. The second kappa shape index (κ2) is 11.0. The summed E-state index contributed by atoms with van der Waals surface area (Å²) in [5.74, 6) is 0.577. The van der Waals surface area contributed by atoms with E-state index in [9.17, 15) is 9.59 Å². The third-order valence-electron chi connectivity index (χ3n) is 7.64. The van der Waals surface area contributed by atoms with Crippen molar-refractivity contribution in [2.45, 2.75) is 82.6 Å². The van der Waals surface area contributed by atoms with Gasteiger partial charge in [0.15, 0.2) is 0 Å². The molecular formula is C28H36N2O4. The number of amides is 1. The monoisotopic (exact) mass is 464 g/mol. The summed E-state index contributed by atoms with van der Waals surface area (Å²) < 4.78 is 5.96. The highest BCUT2D eigenvalue weighted by molar-refractivity contribution is 5.89. The van der Waals surface area contributed by atoms with Gasteiger partial charge in [-0.1, -0.05) is 57.1 Å². The van der Waals surface area contributed by atoms with Crippen LogP contribution >= 0.6 is 0 Å². The molecule has 2 saturated carbocycles. The van der Waals surface area contributed by atoms with Gasteiger partial charge in [0.25, 0.3) is 0 Å². The molecule has 0 radical (unpaired) electrons. The molecule has 0 aliphatic heterocycles. The number of carboxylic acid groups (broad SMARTS) is 1. The summed E-state index contributed by atoms with van der Waals surface area (Å²) in [6, 6.07) is 10.3. The first-order valence-electron chi connectivity index (χ1n) is 12.7. The van der Waals surface area contributed by atoms with Gasteiger partial charge in [0.1, 0.15) is 5.75 Å². The Labute approximate surface area is 202 Å². The second-order valence-electron chi connectivity index (χ2n) is 9.93. The van der Waals surface area contributed by atoms with Crippen LogP contribution in [0.5, 0.6) is 5.75 Å². The van der Waals surface area contributed by atoms with Crippen molar-refractivity contribution in [3.63, 3.8) is 0 Å². The van der Waals surface area contributed by atoms with Crippen molar-refractivity contribution in [3.8, 4) is 5.75 Å². The van der Waals surface area contributed by atoms with Gasteiger partial charge < -0.3 is 15.2 Å². The molecule has 2 aromatic rings. The van der Waals surface area contributed by atoms with Gasteiger partial charge in [0, 0.05) is 0 Å². The van der Waals surface area contributed by atoms with Gasteiger partial charge in [0.2, 0.25) is 5.91 Å². The number of pyridine rings is 1. The minimum atomic E-state index is -0.958. The summed E-state index contributed by atoms with van der Waals surface area (Å²) in [5, 5.41) is 12.3. The summed E-state index contributed by atoms with van der Waals surface area (Å²) in [6.45, 7) is 2.64. The van der Waals surface area contributed by atoms with Crippen molar-refractivity contribution in [2.24, 2.45) is 5.92 Å². The van der Waals surface area contributed by atoms with Crippen molar-refractivity contribution >= 4 is 11.9 Å². The lowest BCUT2D eigenvalue weighted by Gasteiger charge is -2.29. The van der Waals surface area contributed by atoms with Crippen molar-refractivity contribution < 1.29 is 19.4 Å². The molecule has 1 heterocycles. The normalized spacial score (nSPS) is 18.9. The van der Waals surface area contributed by atoms with Crippen LogP contribution in [-0.2, 0) is 10.2 Å². The van der Waals surface area contributed by atoms with E-state index < -0.39 is 11.4 Å². The SMILES string of the molecule is C[C@H](NC(=O)C1(c2ccc(OCCC3CCCCC3)cn2)CCCC1)c1ccc(C(=O)O)cc1. The Morgan fingerprint density at radius 3 is 2.38 bits per heavy atom. The number of carbonyl (C=O) groups is 2. The van der Waals surface area contributed by atoms with E-state index in [1.165, 1.54) is 32.1 Å². The lowest BCUT2D eigenvalue weighted by Crippen LogP contribution is -2.44. The molecular weight excluding hydrogens is 428 g/mol. The molecule has 2 aliphatic carbocycles. The number of aromatic carboxylic acids is 1. The Bertz CT molecular complexity index is 959. The molecule has 182 valence electrons. The second-order valence-corrected chi connectivity index (χ2v) is 9.93. The Kier molecular flexibility index (Phi) is 7.86. The molecule has 1 atom stereocenters. The standard InChI is InChI=1S/C28H36N2O4/c1-20(22-9-11-23(12-10-22)26(31)32)30-27(33)28(16-5-6-17-28)25-14-13-24(19-29-25)34-18-15-21-7-3-2-4-8-21/h9-14,19-21H,2-8,15-18H2,1H3,(H,30,33)(H,31,32)/t20-/m0/s1. The molecule has 6 heteroatoms. The van der Waals surface area contributed by atoms with Gasteiger partial charge in [-0.05, 0) is 61.9 Å². The summed E-state index contributed by atoms with van der Waals surface area (Å²) in [7, 11) is 0. The van der Waals surface area contributed by atoms with Crippen LogP contribution in [0.1, 0.15) is 98.8 Å². The number of carboxylic acids is 1. The van der Waals surface area contributed by atoms with E-state index in [-0.39, 0.29) is 17.5 Å². The highest BCUT2D eigenvalue weighted by Gasteiger charge is 2.44. The van der Waals surface area contributed by atoms with Crippen LogP contribution in [0.15, 0.2) is 42.6 Å². The first-order chi connectivity index (χ1) is 16.5. The maximum absolute atomic E-state index is 13.5. The minimum Gasteiger partial charge on any atom is -0.492 e. The highest BCUT2D eigenvalue weighted by Crippen LogP contribution is 2.41. The first kappa shape index (κ1) is 24.2. The number of hydrogen-bond donors (Lipinski definition) is 2. The molecule has 34 heavy (non-hydrogen) atoms. The molecule has 2 fully saturated rings. The molecule has 1 amide bonds. The van der Waals surface area contributed by atoms with Crippen LogP contribution in [-0.4, -0.2) is 28.6 Å². The molecule has 2 aliphatic rings. The molecule has 0 saturated heterocycles. The van der Waals surface area contributed by atoms with Crippen LogP contribution in [0.3, 0.4) is 0 Å². The fourth-order valence-electron chi connectivity index (χ4n) is 5.48. The van der Waals surface area contributed by atoms with Crippen molar-refractivity contribution in [1.29, 1.82) is 0 Å². The van der Waals surface area contributed by atoms with E-state index >= 15 is 0 Å². The Morgan fingerprint density at radius 1 is 1.06 bits per heavy atom. The Hall–Kier alpha value is -2.89. The fourth-order valence-corrected chi connectivity index (χ4v) is 5.48. The van der Waals surface area contributed by atoms with E-state index in [4.69, 9.17) is 9.84 Å². The van der Waals surface area contributed by atoms with Gasteiger partial charge in [-0.25, -0.2) is 4.79 Å². The third kappa shape index (κ3) is 5.60. The molecule has 0 bridgehead atoms. The smallest absolute Gasteiger partial charge is 0.335 e. The van der Waals surface area contributed by atoms with Gasteiger partial charge >= 0.3 is 5.97 Å². The van der Waals surface area contributed by atoms with E-state index in [1.54, 1.807) is 30.5 Å². The maximum atomic E-state index is 13.5. The predicted octanol–water partition coefficient (Wildman–Crippen LogP) is 5.82. The number of benzene rings is 1. The summed E-state index contributed by atoms with van der Waals surface area (Å²) in [6.07, 6.45) is 13.1. The Balaban J connectivity index is 1.38. The number of hydrogen-bond acceptors (Lipinski definition) is 4. The number of carbonyl (C=O) groups excluding carboxylic acids is 1. The largest absolute Gasteiger partial charge is 0.492 e. The van der Waals surface area contributed by atoms with E-state index in [0.717, 1.165) is 61.6 Å². The molecule has 1 aromatic heterocycles. The highest BCUT2D eigenvalue weighted by atomic mass is 16.5. The van der Waals surface area contributed by atoms with Crippen LogP contribution in [0, 0.1) is 5.92 Å². The lowest BCUT2D eigenvalue weighted by atomic mass is 9.81. The summed E-state index contributed by atoms with van der Waals surface area (Å²) in [4.78, 5) is 29.3. The average molecular weight is 465 g/mol. The van der Waals surface area contributed by atoms with Crippen LogP contribution in [0.4, 0.5) is 0 Å². The van der Waals surface area contributed by atoms with Crippen molar-refractivity contribution in [3.05, 3.63) is 59.4 Å². The summed E-state index contributed by atoms with van der Waals surface area (Å²) in [5.41, 5.74) is 1.28. The van der Waals surface area contributed by atoms with Crippen molar-refractivity contribution in [2.75, 3.05) is 6.61 Å². The van der Waals surface area contributed by atoms with Crippen LogP contribution in [0.2, 0.25) is 0 Å². The van der Waals surface area contributed by atoms with Crippen LogP contribution < -0.4 is 10.1 Å². The zero-order valence-electron chi connectivity index (χ0n) is 20.1. The number of nitrogens with zero attached hydrogens (tertiary/aromatic N) is 1. The fraction of sp³-hybridized carbons (Fsp3) is 0.536. The van der Waals surface area contributed by atoms with E-state index in [2.05, 4.69) is 10.3 Å². The van der Waals surface area contributed by atoms with Crippen LogP contribution in [0.25, 0.3) is 0 Å². The third-order valence-corrected chi connectivity index (χ3v) is 7.64. The van der Waals surface area contributed by atoms with Gasteiger partial charge in [0.05, 0.1) is 35.5 Å². The van der Waals surface area contributed by atoms with Gasteiger partial charge in [-0.3, -0.25) is 9.78 Å². The average Bonchev–Trinajstić information content (AvgIpc) is 3.36.